The van der Waals surface area contributed by atoms with Crippen molar-refractivity contribution in [1.82, 2.24) is 9.55 Å². The Morgan fingerprint density at radius 1 is 0.848 bits per heavy atom. The van der Waals surface area contributed by atoms with Crippen molar-refractivity contribution in [3.8, 4) is 17.3 Å². The molecule has 6 heteroatoms. The number of hydrogen-bond donors (Lipinski definition) is 0. The first-order valence-electron chi connectivity index (χ1n) is 10.3. The van der Waals surface area contributed by atoms with Crippen molar-refractivity contribution in [2.75, 3.05) is 7.05 Å². The van der Waals surface area contributed by atoms with Crippen LogP contribution in [-0.2, 0) is 21.1 Å². The molecule has 0 N–H and O–H groups in total. The van der Waals surface area contributed by atoms with E-state index in [1.807, 2.05) is 83.2 Å². The maximum atomic E-state index is 6.16. The third-order valence-electron chi connectivity index (χ3n) is 5.37. The molecular formula is C27H18N4OPt+2. The van der Waals surface area contributed by atoms with E-state index in [0.29, 0.717) is 11.5 Å². The SMILES string of the molecule is C[N+]1=C=[N+](c2[c-]c(Oc3[c-]c4c(cc3)c3ccccc3n4-c3ccccn3)ccc2)C=C1.[Pt+2]. The molecule has 1 aliphatic rings. The zero-order valence-electron chi connectivity index (χ0n) is 17.7. The zero-order chi connectivity index (χ0) is 21.5. The molecule has 1 aliphatic heterocycles. The van der Waals surface area contributed by atoms with Crippen LogP contribution in [0.2, 0.25) is 0 Å². The number of fused-ring (bicyclic) bond motifs is 3. The van der Waals surface area contributed by atoms with Crippen LogP contribution in [0.25, 0.3) is 27.6 Å². The first kappa shape index (κ1) is 21.1. The van der Waals surface area contributed by atoms with Crippen LogP contribution in [0.5, 0.6) is 11.5 Å². The quantitative estimate of drug-likeness (QED) is 0.199. The van der Waals surface area contributed by atoms with Crippen LogP contribution in [0.3, 0.4) is 0 Å². The number of benzene rings is 3. The molecule has 0 fully saturated rings. The van der Waals surface area contributed by atoms with Crippen LogP contribution >= 0.6 is 0 Å². The van der Waals surface area contributed by atoms with E-state index in [4.69, 9.17) is 4.74 Å². The van der Waals surface area contributed by atoms with Crippen LogP contribution in [-0.4, -0.2) is 31.8 Å². The van der Waals surface area contributed by atoms with Gasteiger partial charge in [-0.25, -0.2) is 4.98 Å². The minimum absolute atomic E-state index is 0. The Morgan fingerprint density at radius 3 is 2.52 bits per heavy atom. The number of pyridine rings is 1. The predicted octanol–water partition coefficient (Wildman–Crippen LogP) is 5.51. The fraction of sp³-hybridized carbons (Fsp3) is 0.0370. The first-order valence-corrected chi connectivity index (χ1v) is 10.3. The van der Waals surface area contributed by atoms with E-state index in [-0.39, 0.29) is 21.1 Å². The van der Waals surface area contributed by atoms with Gasteiger partial charge in [0.15, 0.2) is 7.05 Å². The number of nitrogens with zero attached hydrogens (tertiary/aromatic N) is 4. The van der Waals surface area contributed by atoms with E-state index in [1.54, 1.807) is 6.20 Å². The largest absolute Gasteiger partial charge is 2.00 e. The van der Waals surface area contributed by atoms with E-state index in [0.717, 1.165) is 33.3 Å². The minimum atomic E-state index is 0. The summed E-state index contributed by atoms with van der Waals surface area (Å²) in [6.07, 6.45) is 5.66. The molecule has 0 unspecified atom stereocenters. The smallest absolute Gasteiger partial charge is 0.509 e. The molecule has 0 spiro atoms. The summed E-state index contributed by atoms with van der Waals surface area (Å²) in [6.45, 7) is 0. The summed E-state index contributed by atoms with van der Waals surface area (Å²) in [5.41, 5.74) is 2.86. The van der Waals surface area contributed by atoms with Gasteiger partial charge in [0.05, 0.1) is 0 Å². The molecule has 6 rings (SSSR count). The van der Waals surface area contributed by atoms with Gasteiger partial charge in [0.1, 0.15) is 11.5 Å². The average Bonchev–Trinajstić information content (AvgIpc) is 3.41. The van der Waals surface area contributed by atoms with Crippen LogP contribution in [0, 0.1) is 12.1 Å². The Balaban J connectivity index is 0.00000228. The fourth-order valence-electron chi connectivity index (χ4n) is 3.95. The van der Waals surface area contributed by atoms with Crippen molar-refractivity contribution in [3.05, 3.63) is 104 Å². The summed E-state index contributed by atoms with van der Waals surface area (Å²) in [6, 6.07) is 34.0. The van der Waals surface area contributed by atoms with Gasteiger partial charge in [-0.2, -0.15) is 12.1 Å². The van der Waals surface area contributed by atoms with E-state index in [1.165, 1.54) is 0 Å². The topological polar surface area (TPSA) is 33.1 Å². The molecule has 160 valence electrons. The van der Waals surface area contributed by atoms with Crippen LogP contribution in [0.4, 0.5) is 5.69 Å². The summed E-state index contributed by atoms with van der Waals surface area (Å²) in [5.74, 6) is 2.08. The van der Waals surface area contributed by atoms with Crippen molar-refractivity contribution in [2.45, 2.75) is 0 Å². The monoisotopic (exact) mass is 609 g/mol. The molecule has 0 bridgehead atoms. The van der Waals surface area contributed by atoms with Crippen LogP contribution in [0.1, 0.15) is 0 Å². The van der Waals surface area contributed by atoms with E-state index < -0.39 is 0 Å². The molecule has 0 amide bonds. The maximum absolute atomic E-state index is 6.16. The van der Waals surface area contributed by atoms with Crippen molar-refractivity contribution in [2.24, 2.45) is 0 Å². The second kappa shape index (κ2) is 8.63. The average molecular weight is 610 g/mol. The third kappa shape index (κ3) is 3.82. The van der Waals surface area contributed by atoms with Gasteiger partial charge in [-0.1, -0.05) is 51.1 Å². The molecular weight excluding hydrogens is 591 g/mol. The molecule has 0 aliphatic carbocycles. The van der Waals surface area contributed by atoms with Gasteiger partial charge in [-0.15, -0.1) is 23.6 Å². The molecule has 3 heterocycles. The van der Waals surface area contributed by atoms with Gasteiger partial charge < -0.3 is 9.30 Å². The number of hydrogen-bond acceptors (Lipinski definition) is 2. The summed E-state index contributed by atoms with van der Waals surface area (Å²) in [5, 5.41) is 2.26. The van der Waals surface area contributed by atoms with Crippen molar-refractivity contribution in [3.63, 3.8) is 0 Å². The predicted molar refractivity (Wildman–Crippen MR) is 123 cm³/mol. The van der Waals surface area contributed by atoms with E-state index in [2.05, 4.69) is 45.9 Å². The molecule has 5 aromatic rings. The summed E-state index contributed by atoms with van der Waals surface area (Å²) < 4.78 is 12.0. The molecule has 0 atom stereocenters. The fourth-order valence-corrected chi connectivity index (χ4v) is 3.95. The molecule has 0 saturated heterocycles. The molecule has 2 aromatic heterocycles. The second-order valence-electron chi connectivity index (χ2n) is 7.51. The number of aromatic nitrogens is 2. The summed E-state index contributed by atoms with van der Waals surface area (Å²) in [7, 11) is 1.93. The third-order valence-corrected chi connectivity index (χ3v) is 5.37. The number of ether oxygens (including phenoxy) is 1. The molecule has 3 aromatic carbocycles. The Labute approximate surface area is 205 Å². The Morgan fingerprint density at radius 2 is 1.70 bits per heavy atom. The van der Waals surface area contributed by atoms with E-state index in [9.17, 15) is 0 Å². The van der Waals surface area contributed by atoms with Gasteiger partial charge in [-0.3, -0.25) is 0 Å². The number of rotatable bonds is 4. The zero-order valence-corrected chi connectivity index (χ0v) is 19.9. The summed E-state index contributed by atoms with van der Waals surface area (Å²) in [4.78, 5) is 4.57. The first-order chi connectivity index (χ1) is 15.8. The standard InChI is InChI=1S/C27H18N4O.Pt/c1-29-15-16-30(19-29)20-7-6-8-21(17-20)32-22-12-13-24-23-9-2-3-10-25(23)31(26(24)18-22)27-11-4-5-14-28-27;/h2-16H,1H3;/q;+2. The normalized spacial score (nSPS) is 12.5. The van der Waals surface area contributed by atoms with Gasteiger partial charge in [0, 0.05) is 23.2 Å². The molecule has 0 saturated carbocycles. The van der Waals surface area contributed by atoms with Gasteiger partial charge >= 0.3 is 27.1 Å². The van der Waals surface area contributed by atoms with Crippen molar-refractivity contribution >= 4 is 33.5 Å². The Kier molecular flexibility index (Phi) is 5.51. The number of para-hydroxylation sites is 1. The Hall–Kier alpha value is -3.78. The summed E-state index contributed by atoms with van der Waals surface area (Å²) >= 11 is 0. The van der Waals surface area contributed by atoms with Gasteiger partial charge in [0.25, 0.3) is 6.20 Å². The molecule has 5 nitrogen and oxygen atoms in total. The van der Waals surface area contributed by atoms with Gasteiger partial charge in [0.2, 0.25) is 6.20 Å². The Bertz CT molecular complexity index is 1600. The van der Waals surface area contributed by atoms with Gasteiger partial charge in [-0.05, 0) is 23.6 Å². The van der Waals surface area contributed by atoms with E-state index >= 15 is 0 Å². The molecule has 33 heavy (non-hydrogen) atoms. The van der Waals surface area contributed by atoms with Crippen molar-refractivity contribution < 1.29 is 35.0 Å². The van der Waals surface area contributed by atoms with Crippen LogP contribution < -0.4 is 4.74 Å². The minimum Gasteiger partial charge on any atom is -0.509 e. The maximum Gasteiger partial charge on any atom is 2.00 e. The van der Waals surface area contributed by atoms with Crippen molar-refractivity contribution in [1.29, 1.82) is 0 Å². The van der Waals surface area contributed by atoms with Crippen LogP contribution in [0.15, 0.2) is 91.4 Å². The second-order valence-corrected chi connectivity index (χ2v) is 7.51. The molecule has 0 radical (unpaired) electrons.